The van der Waals surface area contributed by atoms with Crippen LogP contribution in [0.15, 0.2) is 84.7 Å². The number of nitrogens with one attached hydrogen (secondary N) is 2. The average molecular weight is 372 g/mol. The van der Waals surface area contributed by atoms with Gasteiger partial charge in [0, 0.05) is 29.2 Å². The number of H-pyrrole nitrogens is 1. The van der Waals surface area contributed by atoms with Gasteiger partial charge >= 0.3 is 0 Å². The smallest absolute Gasteiger partial charge is 0.118 e. The molecule has 0 fully saturated rings. The molecule has 1 unspecified atom stereocenters. The van der Waals surface area contributed by atoms with Gasteiger partial charge in [-0.05, 0) is 60.0 Å². The maximum Gasteiger partial charge on any atom is 0.118 e. The third-order valence-corrected chi connectivity index (χ3v) is 4.97. The fraction of sp³-hybridized carbons (Fsp3) is 0.167. The fourth-order valence-electron chi connectivity index (χ4n) is 3.50. The number of hydrogen-bond donors (Lipinski definition) is 2. The molecule has 1 atom stereocenters. The highest BCUT2D eigenvalue weighted by molar-refractivity contribution is 5.82. The molecule has 0 saturated heterocycles. The molecule has 4 nitrogen and oxygen atoms in total. The SMILES string of the molecule is COc1ccc(CC2C=C/C(=C(/c3ccc(OC)cc3)c3ccc[nH]3)N2)cc1. The summed E-state index contributed by atoms with van der Waals surface area (Å²) in [5, 5.41) is 3.67. The van der Waals surface area contributed by atoms with E-state index in [1.54, 1.807) is 14.2 Å². The van der Waals surface area contributed by atoms with Crippen LogP contribution in [0, 0.1) is 0 Å². The minimum Gasteiger partial charge on any atom is -0.497 e. The summed E-state index contributed by atoms with van der Waals surface area (Å²) in [6.45, 7) is 0. The Labute approximate surface area is 165 Å². The average Bonchev–Trinajstić information content (AvgIpc) is 3.42. The Balaban J connectivity index is 1.59. The van der Waals surface area contributed by atoms with E-state index in [4.69, 9.17) is 9.47 Å². The highest BCUT2D eigenvalue weighted by atomic mass is 16.5. The molecule has 2 heterocycles. The van der Waals surface area contributed by atoms with Crippen LogP contribution in [0.25, 0.3) is 5.57 Å². The van der Waals surface area contributed by atoms with E-state index in [1.165, 1.54) is 5.56 Å². The van der Waals surface area contributed by atoms with Crippen molar-refractivity contribution in [1.82, 2.24) is 10.3 Å². The molecule has 28 heavy (non-hydrogen) atoms. The second-order valence-corrected chi connectivity index (χ2v) is 6.76. The van der Waals surface area contributed by atoms with E-state index in [-0.39, 0.29) is 6.04 Å². The summed E-state index contributed by atoms with van der Waals surface area (Å²) >= 11 is 0. The number of methoxy groups -OCH3 is 2. The molecule has 3 aromatic rings. The van der Waals surface area contributed by atoms with Crippen LogP contribution in [0.1, 0.15) is 16.8 Å². The number of ether oxygens (including phenoxy) is 2. The highest BCUT2D eigenvalue weighted by Crippen LogP contribution is 2.29. The number of aromatic amines is 1. The number of allylic oxidation sites excluding steroid dienone is 1. The number of aromatic nitrogens is 1. The molecule has 1 aliphatic heterocycles. The van der Waals surface area contributed by atoms with E-state index in [1.807, 2.05) is 36.5 Å². The highest BCUT2D eigenvalue weighted by Gasteiger charge is 2.19. The normalized spacial score (nSPS) is 17.3. The van der Waals surface area contributed by atoms with Crippen LogP contribution in [0.2, 0.25) is 0 Å². The standard InChI is InChI=1S/C24H24N2O2/c1-27-20-10-5-17(6-11-20)16-19-9-14-23(26-19)24(22-4-3-15-25-22)18-7-12-21(28-2)13-8-18/h3-15,19,25-26H,16H2,1-2H3/b24-23+. The van der Waals surface area contributed by atoms with Crippen LogP contribution in [0.3, 0.4) is 0 Å². The molecule has 4 rings (SSSR count). The summed E-state index contributed by atoms with van der Waals surface area (Å²) in [4.78, 5) is 3.34. The van der Waals surface area contributed by atoms with Crippen molar-refractivity contribution >= 4 is 5.57 Å². The van der Waals surface area contributed by atoms with Crippen LogP contribution < -0.4 is 14.8 Å². The molecule has 142 valence electrons. The van der Waals surface area contributed by atoms with Crippen LogP contribution in [-0.4, -0.2) is 25.2 Å². The molecule has 2 N–H and O–H groups in total. The second kappa shape index (κ2) is 8.09. The molecule has 0 saturated carbocycles. The molecular formula is C24H24N2O2. The van der Waals surface area contributed by atoms with Crippen molar-refractivity contribution in [3.05, 3.63) is 102 Å². The second-order valence-electron chi connectivity index (χ2n) is 6.76. The van der Waals surface area contributed by atoms with Crippen molar-refractivity contribution < 1.29 is 9.47 Å². The van der Waals surface area contributed by atoms with Crippen LogP contribution >= 0.6 is 0 Å². The first kappa shape index (κ1) is 18.0. The van der Waals surface area contributed by atoms with E-state index in [0.29, 0.717) is 0 Å². The molecule has 0 aliphatic carbocycles. The third kappa shape index (κ3) is 3.81. The van der Waals surface area contributed by atoms with Gasteiger partial charge in [-0.3, -0.25) is 0 Å². The first-order valence-electron chi connectivity index (χ1n) is 9.37. The lowest BCUT2D eigenvalue weighted by Crippen LogP contribution is -2.24. The molecule has 1 aliphatic rings. The number of rotatable bonds is 6. The van der Waals surface area contributed by atoms with Crippen molar-refractivity contribution in [1.29, 1.82) is 0 Å². The minimum absolute atomic E-state index is 0.256. The Kier molecular flexibility index (Phi) is 5.20. The third-order valence-electron chi connectivity index (χ3n) is 4.97. The molecule has 4 heteroatoms. The van der Waals surface area contributed by atoms with Crippen molar-refractivity contribution in [3.8, 4) is 11.5 Å². The molecule has 1 aromatic heterocycles. The van der Waals surface area contributed by atoms with E-state index >= 15 is 0 Å². The monoisotopic (exact) mass is 372 g/mol. The van der Waals surface area contributed by atoms with Crippen molar-refractivity contribution in [3.63, 3.8) is 0 Å². The summed E-state index contributed by atoms with van der Waals surface area (Å²) in [6, 6.07) is 20.8. The van der Waals surface area contributed by atoms with Gasteiger partial charge in [0.15, 0.2) is 0 Å². The van der Waals surface area contributed by atoms with Gasteiger partial charge in [-0.1, -0.05) is 30.3 Å². The predicted molar refractivity (Wildman–Crippen MR) is 113 cm³/mol. The van der Waals surface area contributed by atoms with Crippen LogP contribution in [0.4, 0.5) is 0 Å². The van der Waals surface area contributed by atoms with E-state index in [0.717, 1.165) is 40.4 Å². The predicted octanol–water partition coefficient (Wildman–Crippen LogP) is 4.56. The maximum absolute atomic E-state index is 5.30. The van der Waals surface area contributed by atoms with Gasteiger partial charge in [0.2, 0.25) is 0 Å². The molecule has 0 bridgehead atoms. The van der Waals surface area contributed by atoms with Crippen molar-refractivity contribution in [2.24, 2.45) is 0 Å². The zero-order valence-electron chi connectivity index (χ0n) is 16.1. The zero-order chi connectivity index (χ0) is 19.3. The summed E-state index contributed by atoms with van der Waals surface area (Å²) in [6.07, 6.45) is 7.28. The van der Waals surface area contributed by atoms with Gasteiger partial charge in [-0.25, -0.2) is 0 Å². The lowest BCUT2D eigenvalue weighted by Gasteiger charge is -2.16. The summed E-state index contributed by atoms with van der Waals surface area (Å²) in [5.74, 6) is 1.74. The largest absolute Gasteiger partial charge is 0.497 e. The quantitative estimate of drug-likeness (QED) is 0.667. The van der Waals surface area contributed by atoms with E-state index in [9.17, 15) is 0 Å². The van der Waals surface area contributed by atoms with Crippen LogP contribution in [0.5, 0.6) is 11.5 Å². The summed E-state index contributed by atoms with van der Waals surface area (Å²) in [5.41, 5.74) is 5.77. The van der Waals surface area contributed by atoms with Crippen molar-refractivity contribution in [2.45, 2.75) is 12.5 Å². The number of hydrogen-bond acceptors (Lipinski definition) is 3. The van der Waals surface area contributed by atoms with Crippen LogP contribution in [-0.2, 0) is 6.42 Å². The Morgan fingerprint density at radius 3 is 2.18 bits per heavy atom. The van der Waals surface area contributed by atoms with Crippen molar-refractivity contribution in [2.75, 3.05) is 14.2 Å². The molecule has 2 aromatic carbocycles. The van der Waals surface area contributed by atoms with Gasteiger partial charge < -0.3 is 19.8 Å². The molecule has 0 amide bonds. The molecule has 0 radical (unpaired) electrons. The summed E-state index contributed by atoms with van der Waals surface area (Å²) < 4.78 is 10.5. The molecule has 0 spiro atoms. The first-order valence-corrected chi connectivity index (χ1v) is 9.37. The zero-order valence-corrected chi connectivity index (χ0v) is 16.1. The van der Waals surface area contributed by atoms with Gasteiger partial charge in [0.1, 0.15) is 11.5 Å². The number of benzene rings is 2. The lowest BCUT2D eigenvalue weighted by molar-refractivity contribution is 0.414. The molecular weight excluding hydrogens is 348 g/mol. The van der Waals surface area contributed by atoms with Gasteiger partial charge in [0.05, 0.1) is 14.2 Å². The first-order chi connectivity index (χ1) is 13.8. The minimum atomic E-state index is 0.256. The fourth-order valence-corrected chi connectivity index (χ4v) is 3.50. The maximum atomic E-state index is 5.30. The van der Waals surface area contributed by atoms with Gasteiger partial charge in [-0.15, -0.1) is 0 Å². The topological polar surface area (TPSA) is 46.3 Å². The Hall–Kier alpha value is -3.40. The Morgan fingerprint density at radius 2 is 1.57 bits per heavy atom. The van der Waals surface area contributed by atoms with E-state index in [2.05, 4.69) is 52.8 Å². The van der Waals surface area contributed by atoms with E-state index < -0.39 is 0 Å². The van der Waals surface area contributed by atoms with Gasteiger partial charge in [-0.2, -0.15) is 0 Å². The Bertz CT molecular complexity index is 968. The van der Waals surface area contributed by atoms with Gasteiger partial charge in [0.25, 0.3) is 0 Å². The Morgan fingerprint density at radius 1 is 0.893 bits per heavy atom. The summed E-state index contributed by atoms with van der Waals surface area (Å²) in [7, 11) is 3.37. The lowest BCUT2D eigenvalue weighted by atomic mass is 10.0.